The summed E-state index contributed by atoms with van der Waals surface area (Å²) in [5, 5.41) is 5.85. The summed E-state index contributed by atoms with van der Waals surface area (Å²) in [7, 11) is 0. The molecule has 0 atom stereocenters. The fourth-order valence-electron chi connectivity index (χ4n) is 3.87. The molecule has 1 heterocycles. The topological polar surface area (TPSA) is 62.8 Å². The Kier molecular flexibility index (Phi) is 6.64. The zero-order chi connectivity index (χ0) is 19.9. The Hall–Kier alpha value is -2.57. The van der Waals surface area contributed by atoms with Gasteiger partial charge in [-0.2, -0.15) is 0 Å². The molecular formula is C23H29N3O3. The molecule has 0 aromatic heterocycles. The summed E-state index contributed by atoms with van der Waals surface area (Å²) in [5.41, 5.74) is 4.62. The number of nitrogens with zero attached hydrogens (tertiary/aromatic N) is 1. The van der Waals surface area contributed by atoms with Gasteiger partial charge in [0.2, 0.25) is 0 Å². The monoisotopic (exact) mass is 395 g/mol. The van der Waals surface area contributed by atoms with Crippen molar-refractivity contribution in [2.75, 3.05) is 44.8 Å². The number of nitrogens with one attached hydrogen (secondary N) is 2. The molecule has 2 N–H and O–H groups in total. The maximum Gasteiger partial charge on any atom is 0.319 e. The first-order valence-electron chi connectivity index (χ1n) is 10.4. The molecule has 6 nitrogen and oxygen atoms in total. The van der Waals surface area contributed by atoms with Gasteiger partial charge >= 0.3 is 6.03 Å². The third-order valence-electron chi connectivity index (χ3n) is 5.49. The second kappa shape index (κ2) is 9.76. The van der Waals surface area contributed by atoms with E-state index in [9.17, 15) is 4.79 Å². The van der Waals surface area contributed by atoms with Crippen LogP contribution < -0.4 is 15.4 Å². The maximum atomic E-state index is 12.2. The van der Waals surface area contributed by atoms with Crippen LogP contribution in [0.2, 0.25) is 0 Å². The standard InChI is InChI=1S/C23H29N3O3/c27-23(25-21-8-7-19-4-2-5-20(19)16-21)24-17-18-3-1-6-22(15-18)29-14-11-26-9-12-28-13-10-26/h1,3,6-8,15-16H,2,4-5,9-14,17H2,(H2,24,25,27). The summed E-state index contributed by atoms with van der Waals surface area (Å²) in [6, 6.07) is 13.9. The van der Waals surface area contributed by atoms with E-state index in [0.29, 0.717) is 13.2 Å². The van der Waals surface area contributed by atoms with E-state index >= 15 is 0 Å². The van der Waals surface area contributed by atoms with Crippen molar-refractivity contribution < 1.29 is 14.3 Å². The Labute approximate surface area is 172 Å². The van der Waals surface area contributed by atoms with E-state index in [0.717, 1.165) is 62.7 Å². The first kappa shape index (κ1) is 19.7. The number of amides is 2. The average Bonchev–Trinajstić information content (AvgIpc) is 3.21. The summed E-state index contributed by atoms with van der Waals surface area (Å²) in [6.07, 6.45) is 3.45. The molecule has 1 fully saturated rings. The molecule has 0 bridgehead atoms. The number of rotatable bonds is 7. The second-order valence-corrected chi connectivity index (χ2v) is 7.59. The molecule has 1 aliphatic carbocycles. The van der Waals surface area contributed by atoms with Crippen LogP contribution in [0.15, 0.2) is 42.5 Å². The van der Waals surface area contributed by atoms with Crippen LogP contribution in [0.3, 0.4) is 0 Å². The fraction of sp³-hybridized carbons (Fsp3) is 0.435. The van der Waals surface area contributed by atoms with Crippen molar-refractivity contribution in [3.8, 4) is 5.75 Å². The van der Waals surface area contributed by atoms with Gasteiger partial charge in [0.1, 0.15) is 12.4 Å². The van der Waals surface area contributed by atoms with Crippen molar-refractivity contribution >= 4 is 11.7 Å². The lowest BCUT2D eigenvalue weighted by Gasteiger charge is -2.26. The Morgan fingerprint density at radius 2 is 1.93 bits per heavy atom. The fourth-order valence-corrected chi connectivity index (χ4v) is 3.87. The predicted octanol–water partition coefficient (Wildman–Crippen LogP) is 3.21. The summed E-state index contributed by atoms with van der Waals surface area (Å²) in [5.74, 6) is 0.830. The van der Waals surface area contributed by atoms with Crippen LogP contribution in [0.4, 0.5) is 10.5 Å². The largest absolute Gasteiger partial charge is 0.492 e. The highest BCUT2D eigenvalue weighted by Gasteiger charge is 2.12. The molecule has 1 saturated heterocycles. The van der Waals surface area contributed by atoms with Crippen molar-refractivity contribution in [3.63, 3.8) is 0 Å². The number of hydrogen-bond acceptors (Lipinski definition) is 4. The van der Waals surface area contributed by atoms with Gasteiger partial charge in [0.15, 0.2) is 0 Å². The number of benzene rings is 2. The molecule has 2 aromatic carbocycles. The highest BCUT2D eigenvalue weighted by molar-refractivity contribution is 5.89. The van der Waals surface area contributed by atoms with Gasteiger partial charge in [0, 0.05) is 31.9 Å². The molecule has 2 aromatic rings. The van der Waals surface area contributed by atoms with Gasteiger partial charge in [-0.25, -0.2) is 4.79 Å². The lowest BCUT2D eigenvalue weighted by atomic mass is 10.1. The highest BCUT2D eigenvalue weighted by Crippen LogP contribution is 2.24. The number of aryl methyl sites for hydroxylation is 2. The molecule has 29 heavy (non-hydrogen) atoms. The van der Waals surface area contributed by atoms with E-state index in [2.05, 4.69) is 27.7 Å². The molecule has 4 rings (SSSR count). The quantitative estimate of drug-likeness (QED) is 0.756. The van der Waals surface area contributed by atoms with Crippen LogP contribution in [-0.2, 0) is 24.1 Å². The third-order valence-corrected chi connectivity index (χ3v) is 5.49. The first-order chi connectivity index (χ1) is 14.3. The normalized spacial score (nSPS) is 16.3. The van der Waals surface area contributed by atoms with Crippen LogP contribution in [0.25, 0.3) is 0 Å². The van der Waals surface area contributed by atoms with E-state index < -0.39 is 0 Å². The summed E-state index contributed by atoms with van der Waals surface area (Å²) in [6.45, 7) is 5.53. The zero-order valence-electron chi connectivity index (χ0n) is 16.8. The second-order valence-electron chi connectivity index (χ2n) is 7.59. The van der Waals surface area contributed by atoms with Crippen LogP contribution in [0, 0.1) is 0 Å². The summed E-state index contributed by atoms with van der Waals surface area (Å²) >= 11 is 0. The number of ether oxygens (including phenoxy) is 2. The van der Waals surface area contributed by atoms with Crippen LogP contribution in [0.5, 0.6) is 5.75 Å². The van der Waals surface area contributed by atoms with E-state index in [1.165, 1.54) is 17.5 Å². The molecule has 0 radical (unpaired) electrons. The smallest absolute Gasteiger partial charge is 0.319 e. The molecule has 2 amide bonds. The Morgan fingerprint density at radius 3 is 2.83 bits per heavy atom. The molecule has 6 heteroatoms. The maximum absolute atomic E-state index is 12.2. The van der Waals surface area contributed by atoms with Gasteiger partial charge < -0.3 is 20.1 Å². The van der Waals surface area contributed by atoms with E-state index in [4.69, 9.17) is 9.47 Å². The molecular weight excluding hydrogens is 366 g/mol. The minimum Gasteiger partial charge on any atom is -0.492 e. The van der Waals surface area contributed by atoms with Gasteiger partial charge in [0.25, 0.3) is 0 Å². The van der Waals surface area contributed by atoms with Gasteiger partial charge in [-0.1, -0.05) is 18.2 Å². The number of carbonyl (C=O) groups excluding carboxylic acids is 1. The van der Waals surface area contributed by atoms with Crippen molar-refractivity contribution in [1.82, 2.24) is 10.2 Å². The molecule has 154 valence electrons. The molecule has 2 aliphatic rings. The van der Waals surface area contributed by atoms with E-state index in [1.54, 1.807) is 0 Å². The average molecular weight is 396 g/mol. The van der Waals surface area contributed by atoms with Crippen LogP contribution in [-0.4, -0.2) is 50.4 Å². The number of anilines is 1. The van der Waals surface area contributed by atoms with Crippen molar-refractivity contribution in [2.45, 2.75) is 25.8 Å². The Balaban J connectivity index is 1.22. The third kappa shape index (κ3) is 5.71. The zero-order valence-corrected chi connectivity index (χ0v) is 16.8. The highest BCUT2D eigenvalue weighted by atomic mass is 16.5. The number of morpholine rings is 1. The van der Waals surface area contributed by atoms with E-state index in [-0.39, 0.29) is 6.03 Å². The SMILES string of the molecule is O=C(NCc1cccc(OCCN2CCOCC2)c1)Nc1ccc2c(c1)CCC2. The van der Waals surface area contributed by atoms with Crippen LogP contribution >= 0.6 is 0 Å². The van der Waals surface area contributed by atoms with Crippen molar-refractivity contribution in [1.29, 1.82) is 0 Å². The van der Waals surface area contributed by atoms with Gasteiger partial charge in [-0.05, 0) is 60.2 Å². The minimum absolute atomic E-state index is 0.193. The Morgan fingerprint density at radius 1 is 1.07 bits per heavy atom. The van der Waals surface area contributed by atoms with Crippen LogP contribution in [0.1, 0.15) is 23.1 Å². The van der Waals surface area contributed by atoms with Gasteiger partial charge in [0.05, 0.1) is 13.2 Å². The first-order valence-corrected chi connectivity index (χ1v) is 10.4. The molecule has 0 unspecified atom stereocenters. The van der Waals surface area contributed by atoms with E-state index in [1.807, 2.05) is 30.3 Å². The van der Waals surface area contributed by atoms with Gasteiger partial charge in [-0.15, -0.1) is 0 Å². The van der Waals surface area contributed by atoms with Crippen molar-refractivity contribution in [2.24, 2.45) is 0 Å². The van der Waals surface area contributed by atoms with Gasteiger partial charge in [-0.3, -0.25) is 4.90 Å². The molecule has 1 aliphatic heterocycles. The summed E-state index contributed by atoms with van der Waals surface area (Å²) in [4.78, 5) is 14.6. The molecule has 0 spiro atoms. The number of fused-ring (bicyclic) bond motifs is 1. The number of urea groups is 1. The van der Waals surface area contributed by atoms with Crippen molar-refractivity contribution in [3.05, 3.63) is 59.2 Å². The summed E-state index contributed by atoms with van der Waals surface area (Å²) < 4.78 is 11.2. The Bertz CT molecular complexity index is 834. The lowest BCUT2D eigenvalue weighted by molar-refractivity contribution is 0.0322. The number of carbonyl (C=O) groups is 1. The number of hydrogen-bond donors (Lipinski definition) is 2. The predicted molar refractivity (Wildman–Crippen MR) is 114 cm³/mol. The lowest BCUT2D eigenvalue weighted by Crippen LogP contribution is -2.38. The molecule has 0 saturated carbocycles. The minimum atomic E-state index is -0.193.